The minimum Gasteiger partial charge on any atom is -0.326 e. The molecule has 0 bridgehead atoms. The zero-order valence-electron chi connectivity index (χ0n) is 13.4. The third-order valence-electron chi connectivity index (χ3n) is 4.62. The molecule has 1 aliphatic heterocycles. The van der Waals surface area contributed by atoms with Crippen molar-refractivity contribution in [1.82, 2.24) is 9.80 Å². The van der Waals surface area contributed by atoms with Gasteiger partial charge in [0.15, 0.2) is 0 Å². The summed E-state index contributed by atoms with van der Waals surface area (Å²) in [5.74, 6) is 0.807. The van der Waals surface area contributed by atoms with Gasteiger partial charge in [0.25, 0.3) is 0 Å². The van der Waals surface area contributed by atoms with Crippen molar-refractivity contribution in [2.24, 2.45) is 11.7 Å². The molecule has 21 heavy (non-hydrogen) atoms. The molecule has 3 nitrogen and oxygen atoms in total. The van der Waals surface area contributed by atoms with E-state index in [0.29, 0.717) is 6.04 Å². The van der Waals surface area contributed by atoms with Crippen molar-refractivity contribution in [2.75, 3.05) is 33.7 Å². The molecule has 2 atom stereocenters. The highest BCUT2D eigenvalue weighted by molar-refractivity contribution is 9.10. The van der Waals surface area contributed by atoms with E-state index >= 15 is 0 Å². The lowest BCUT2D eigenvalue weighted by Gasteiger charge is -2.36. The Bertz CT molecular complexity index is 429. The molecule has 2 heterocycles. The van der Waals surface area contributed by atoms with Crippen LogP contribution < -0.4 is 5.73 Å². The Balaban J connectivity index is 2.02. The Kier molecular flexibility index (Phi) is 6.69. The van der Waals surface area contributed by atoms with E-state index in [2.05, 4.69) is 58.2 Å². The van der Waals surface area contributed by atoms with Crippen LogP contribution in [0.5, 0.6) is 0 Å². The van der Waals surface area contributed by atoms with Gasteiger partial charge in [-0.2, -0.15) is 0 Å². The first kappa shape index (κ1) is 17.4. The molecule has 0 amide bonds. The van der Waals surface area contributed by atoms with Crippen LogP contribution in [0.2, 0.25) is 0 Å². The topological polar surface area (TPSA) is 32.5 Å². The predicted octanol–water partition coefficient (Wildman–Crippen LogP) is 3.56. The summed E-state index contributed by atoms with van der Waals surface area (Å²) in [6, 6.07) is 2.77. The van der Waals surface area contributed by atoms with Gasteiger partial charge >= 0.3 is 0 Å². The molecule has 0 radical (unpaired) electrons. The van der Waals surface area contributed by atoms with Crippen LogP contribution in [0.25, 0.3) is 0 Å². The molecular formula is C16H28BrN3S. The Morgan fingerprint density at radius 1 is 1.48 bits per heavy atom. The molecule has 1 aromatic heterocycles. The number of nitrogens with zero attached hydrogens (tertiary/aromatic N) is 2. The summed E-state index contributed by atoms with van der Waals surface area (Å²) in [6.07, 6.45) is 3.63. The first-order valence-corrected chi connectivity index (χ1v) is 9.56. The van der Waals surface area contributed by atoms with E-state index in [-0.39, 0.29) is 6.04 Å². The lowest BCUT2D eigenvalue weighted by atomic mass is 9.95. The quantitative estimate of drug-likeness (QED) is 0.826. The summed E-state index contributed by atoms with van der Waals surface area (Å²) in [5.41, 5.74) is 6.43. The number of hydrogen-bond donors (Lipinski definition) is 1. The monoisotopic (exact) mass is 373 g/mol. The van der Waals surface area contributed by atoms with Crippen LogP contribution in [0.3, 0.4) is 0 Å². The summed E-state index contributed by atoms with van der Waals surface area (Å²) in [7, 11) is 4.46. The van der Waals surface area contributed by atoms with Gasteiger partial charge in [0.2, 0.25) is 0 Å². The molecule has 120 valence electrons. The molecular weight excluding hydrogens is 346 g/mol. The lowest BCUT2D eigenvalue weighted by Crippen LogP contribution is -2.42. The summed E-state index contributed by atoms with van der Waals surface area (Å²) in [4.78, 5) is 6.30. The maximum absolute atomic E-state index is 6.43. The van der Waals surface area contributed by atoms with Gasteiger partial charge < -0.3 is 10.6 Å². The number of likely N-dealkylation sites (tertiary alicyclic amines) is 1. The lowest BCUT2D eigenvalue weighted by molar-refractivity contribution is 0.138. The fraction of sp³-hybridized carbons (Fsp3) is 0.750. The van der Waals surface area contributed by atoms with E-state index in [1.54, 1.807) is 0 Å². The molecule has 2 rings (SSSR count). The first-order chi connectivity index (χ1) is 10.0. The van der Waals surface area contributed by atoms with Gasteiger partial charge in [-0.3, -0.25) is 4.90 Å². The minimum absolute atomic E-state index is 0.201. The Labute approximate surface area is 141 Å². The van der Waals surface area contributed by atoms with Crippen molar-refractivity contribution in [2.45, 2.75) is 38.3 Å². The van der Waals surface area contributed by atoms with Crippen LogP contribution in [0.4, 0.5) is 0 Å². The maximum Gasteiger partial charge on any atom is 0.0591 e. The number of halogens is 1. The van der Waals surface area contributed by atoms with Crippen LogP contribution in [-0.2, 0) is 0 Å². The van der Waals surface area contributed by atoms with E-state index in [0.717, 1.165) is 18.9 Å². The van der Waals surface area contributed by atoms with Crippen molar-refractivity contribution in [3.05, 3.63) is 20.8 Å². The van der Waals surface area contributed by atoms with Crippen LogP contribution >= 0.6 is 27.3 Å². The Hall–Kier alpha value is 0.0600. The second kappa shape index (κ2) is 8.06. The smallest absolute Gasteiger partial charge is 0.0591 e. The number of nitrogens with two attached hydrogens (primary N) is 1. The molecule has 2 N–H and O–H groups in total. The van der Waals surface area contributed by atoms with Gasteiger partial charge in [0.1, 0.15) is 0 Å². The van der Waals surface area contributed by atoms with Gasteiger partial charge in [-0.25, -0.2) is 0 Å². The van der Waals surface area contributed by atoms with Gasteiger partial charge in [0.05, 0.1) is 6.04 Å². The molecule has 1 aromatic rings. The van der Waals surface area contributed by atoms with E-state index in [1.165, 1.54) is 35.3 Å². The summed E-state index contributed by atoms with van der Waals surface area (Å²) < 4.78 is 1.17. The maximum atomic E-state index is 6.43. The number of thiophene rings is 1. The fourth-order valence-electron chi connectivity index (χ4n) is 3.23. The van der Waals surface area contributed by atoms with Crippen LogP contribution in [0, 0.1) is 5.92 Å². The normalized spacial score (nSPS) is 20.9. The summed E-state index contributed by atoms with van der Waals surface area (Å²) >= 11 is 5.39. The number of likely N-dealkylation sites (N-methyl/N-ethyl adjacent to an activating group) is 1. The predicted molar refractivity (Wildman–Crippen MR) is 95.9 cm³/mol. The second-order valence-electron chi connectivity index (χ2n) is 6.37. The largest absolute Gasteiger partial charge is 0.326 e. The minimum atomic E-state index is 0.201. The molecule has 0 spiro atoms. The first-order valence-electron chi connectivity index (χ1n) is 7.89. The Morgan fingerprint density at radius 2 is 2.14 bits per heavy atom. The summed E-state index contributed by atoms with van der Waals surface area (Å²) in [5, 5.41) is 2.16. The molecule has 0 aromatic carbocycles. The zero-order valence-corrected chi connectivity index (χ0v) is 15.8. The highest BCUT2D eigenvalue weighted by atomic mass is 79.9. The highest BCUT2D eigenvalue weighted by Gasteiger charge is 2.27. The average Bonchev–Trinajstić information content (AvgIpc) is 2.87. The van der Waals surface area contributed by atoms with E-state index < -0.39 is 0 Å². The Morgan fingerprint density at radius 3 is 2.67 bits per heavy atom. The average molecular weight is 374 g/mol. The van der Waals surface area contributed by atoms with Crippen LogP contribution in [-0.4, -0.2) is 49.6 Å². The molecule has 1 aliphatic rings. The van der Waals surface area contributed by atoms with Crippen LogP contribution in [0.1, 0.15) is 37.1 Å². The van der Waals surface area contributed by atoms with Gasteiger partial charge in [0, 0.05) is 27.3 Å². The molecule has 2 unspecified atom stereocenters. The van der Waals surface area contributed by atoms with Gasteiger partial charge in [-0.1, -0.05) is 6.92 Å². The number of piperidine rings is 1. The van der Waals surface area contributed by atoms with E-state index in [4.69, 9.17) is 5.73 Å². The molecule has 1 fully saturated rings. The summed E-state index contributed by atoms with van der Waals surface area (Å²) in [6.45, 7) is 5.80. The van der Waals surface area contributed by atoms with Gasteiger partial charge in [-0.05, 0) is 74.4 Å². The van der Waals surface area contributed by atoms with Crippen molar-refractivity contribution in [3.63, 3.8) is 0 Å². The molecule has 1 saturated heterocycles. The van der Waals surface area contributed by atoms with Crippen molar-refractivity contribution in [3.8, 4) is 0 Å². The van der Waals surface area contributed by atoms with Crippen molar-refractivity contribution in [1.29, 1.82) is 0 Å². The third kappa shape index (κ3) is 4.76. The van der Waals surface area contributed by atoms with Crippen molar-refractivity contribution < 1.29 is 0 Å². The standard InChI is InChI=1S/C16H28BrN3S/c1-4-14(18)16(15-9-13(17)11-21-15)20(3)10-12-5-7-19(2)8-6-12/h9,11-12,14,16H,4-8,10,18H2,1-3H3. The zero-order chi connectivity index (χ0) is 15.4. The third-order valence-corrected chi connectivity index (χ3v) is 6.38. The van der Waals surface area contributed by atoms with E-state index in [9.17, 15) is 0 Å². The fourth-order valence-corrected chi connectivity index (χ4v) is 4.91. The number of hydrogen-bond acceptors (Lipinski definition) is 4. The second-order valence-corrected chi connectivity index (χ2v) is 8.23. The highest BCUT2D eigenvalue weighted by Crippen LogP contribution is 2.32. The SMILES string of the molecule is CCC(N)C(c1cc(Br)cs1)N(C)CC1CCN(C)CC1. The molecule has 5 heteroatoms. The van der Waals surface area contributed by atoms with Crippen LogP contribution in [0.15, 0.2) is 15.9 Å². The molecule has 0 aliphatic carbocycles. The van der Waals surface area contributed by atoms with Gasteiger partial charge in [-0.15, -0.1) is 11.3 Å². The van der Waals surface area contributed by atoms with Crippen molar-refractivity contribution >= 4 is 27.3 Å². The number of rotatable bonds is 6. The van der Waals surface area contributed by atoms with E-state index in [1.807, 2.05) is 11.3 Å². The molecule has 0 saturated carbocycles.